The summed E-state index contributed by atoms with van der Waals surface area (Å²) in [4.78, 5) is 11.7. The zero-order valence-corrected chi connectivity index (χ0v) is 16.3. The maximum Gasteiger partial charge on any atom is 0.239 e. The van der Waals surface area contributed by atoms with Crippen LogP contribution in [0.4, 0.5) is 19.1 Å². The van der Waals surface area contributed by atoms with E-state index in [4.69, 9.17) is 11.6 Å². The number of allylic oxidation sites excluding steroid dienone is 1. The van der Waals surface area contributed by atoms with Crippen molar-refractivity contribution in [2.75, 3.05) is 12.4 Å². The largest absolute Gasteiger partial charge is 0.345 e. The van der Waals surface area contributed by atoms with Crippen molar-refractivity contribution in [3.8, 4) is 0 Å². The van der Waals surface area contributed by atoms with Crippen molar-refractivity contribution in [2.45, 2.75) is 37.6 Å². The van der Waals surface area contributed by atoms with Gasteiger partial charge in [0, 0.05) is 31.4 Å². The number of hydrogen-bond donors (Lipinski definition) is 1. The van der Waals surface area contributed by atoms with Crippen LogP contribution in [0.2, 0.25) is 5.02 Å². The summed E-state index contributed by atoms with van der Waals surface area (Å²) in [5.74, 6) is -0.0347. The molecule has 1 aromatic heterocycles. The van der Waals surface area contributed by atoms with Gasteiger partial charge >= 0.3 is 0 Å². The molecule has 1 aliphatic carbocycles. The Morgan fingerprint density at radius 3 is 2.43 bits per heavy atom. The van der Waals surface area contributed by atoms with Crippen LogP contribution >= 0.6 is 11.6 Å². The van der Waals surface area contributed by atoms with Gasteiger partial charge in [-0.15, -0.1) is 0 Å². The highest BCUT2D eigenvalue weighted by Crippen LogP contribution is 2.48. The first-order chi connectivity index (χ1) is 13.3. The lowest BCUT2D eigenvalue weighted by molar-refractivity contribution is 0.139. The van der Waals surface area contributed by atoms with E-state index in [1.54, 1.807) is 31.6 Å². The quantitative estimate of drug-likeness (QED) is 0.591. The van der Waals surface area contributed by atoms with E-state index in [2.05, 4.69) is 33.6 Å². The molecule has 1 saturated carbocycles. The topological polar surface area (TPSA) is 50.2 Å². The highest BCUT2D eigenvalue weighted by molar-refractivity contribution is 6.30. The first kappa shape index (κ1) is 21.9. The fourth-order valence-electron chi connectivity index (χ4n) is 2.62. The second-order valence-corrected chi connectivity index (χ2v) is 6.89. The molecule has 0 amide bonds. The van der Waals surface area contributed by atoms with Gasteiger partial charge in [0.2, 0.25) is 12.4 Å². The van der Waals surface area contributed by atoms with Crippen molar-refractivity contribution in [2.24, 2.45) is 4.99 Å². The number of aliphatic imine (C=N–C) groups is 1. The van der Waals surface area contributed by atoms with Gasteiger partial charge in [-0.05, 0) is 49.2 Å². The SMILES string of the molecule is C=C(CCC(F)F)c1cnc(NC2(c3ccc(F)c(Cl)c3)CC2)nc1.C=NC. The van der Waals surface area contributed by atoms with Crippen molar-refractivity contribution < 1.29 is 13.2 Å². The van der Waals surface area contributed by atoms with Gasteiger partial charge in [0.15, 0.2) is 0 Å². The molecule has 1 aromatic carbocycles. The summed E-state index contributed by atoms with van der Waals surface area (Å²) >= 11 is 5.86. The predicted molar refractivity (Wildman–Crippen MR) is 108 cm³/mol. The second kappa shape index (κ2) is 9.68. The average Bonchev–Trinajstić information content (AvgIpc) is 3.44. The van der Waals surface area contributed by atoms with E-state index in [9.17, 15) is 13.2 Å². The van der Waals surface area contributed by atoms with Gasteiger partial charge in [-0.3, -0.25) is 0 Å². The smallest absolute Gasteiger partial charge is 0.239 e. The molecule has 1 aliphatic rings. The number of aromatic nitrogens is 2. The number of nitrogens with zero attached hydrogens (tertiary/aromatic N) is 3. The predicted octanol–water partition coefficient (Wildman–Crippen LogP) is 5.75. The lowest BCUT2D eigenvalue weighted by Gasteiger charge is -2.18. The molecule has 150 valence electrons. The molecule has 8 heteroatoms. The molecule has 1 fully saturated rings. The molecule has 0 radical (unpaired) electrons. The fourth-order valence-corrected chi connectivity index (χ4v) is 2.80. The lowest BCUT2D eigenvalue weighted by atomic mass is 10.0. The van der Waals surface area contributed by atoms with E-state index in [1.165, 1.54) is 6.07 Å². The summed E-state index contributed by atoms with van der Waals surface area (Å²) in [7, 11) is 1.64. The third-order valence-electron chi connectivity index (χ3n) is 4.30. The molecule has 0 bridgehead atoms. The van der Waals surface area contributed by atoms with E-state index in [0.29, 0.717) is 17.1 Å². The van der Waals surface area contributed by atoms with Crippen LogP contribution in [0.25, 0.3) is 5.57 Å². The molecule has 2 aromatic rings. The Kier molecular flexibility index (Phi) is 7.57. The summed E-state index contributed by atoms with van der Waals surface area (Å²) in [5.41, 5.74) is 1.76. The Morgan fingerprint density at radius 2 is 1.93 bits per heavy atom. The van der Waals surface area contributed by atoms with E-state index < -0.39 is 12.2 Å². The summed E-state index contributed by atoms with van der Waals surface area (Å²) in [6.07, 6.45) is 2.48. The third kappa shape index (κ3) is 5.79. The number of rotatable bonds is 7. The maximum absolute atomic E-state index is 13.3. The van der Waals surface area contributed by atoms with Crippen molar-refractivity contribution >= 4 is 29.8 Å². The Morgan fingerprint density at radius 1 is 1.32 bits per heavy atom. The number of anilines is 1. The second-order valence-electron chi connectivity index (χ2n) is 6.48. The first-order valence-corrected chi connectivity index (χ1v) is 9.06. The Bertz CT molecular complexity index is 821. The Hall–Kier alpha value is -2.41. The van der Waals surface area contributed by atoms with E-state index in [0.717, 1.165) is 18.4 Å². The molecule has 0 spiro atoms. The molecule has 1 heterocycles. The van der Waals surface area contributed by atoms with E-state index in [1.807, 2.05) is 0 Å². The third-order valence-corrected chi connectivity index (χ3v) is 4.59. The van der Waals surface area contributed by atoms with Crippen molar-refractivity contribution in [3.63, 3.8) is 0 Å². The van der Waals surface area contributed by atoms with Crippen molar-refractivity contribution in [1.29, 1.82) is 0 Å². The average molecular weight is 411 g/mol. The summed E-state index contributed by atoms with van der Waals surface area (Å²) in [6.45, 7) is 6.91. The van der Waals surface area contributed by atoms with Gasteiger partial charge in [-0.2, -0.15) is 0 Å². The lowest BCUT2D eigenvalue weighted by Crippen LogP contribution is -2.20. The fraction of sp³-hybridized carbons (Fsp3) is 0.350. The number of hydrogen-bond acceptors (Lipinski definition) is 4. The molecule has 0 aliphatic heterocycles. The van der Waals surface area contributed by atoms with Crippen LogP contribution < -0.4 is 5.32 Å². The standard InChI is InChI=1S/C18H17ClF3N3.C2H5N/c1-11(2-5-16(21)22)12-9-23-17(24-10-12)25-18(6-7-18)13-3-4-15(20)14(19)8-13;1-3-2/h3-4,8-10,16H,1-2,5-7H2,(H,23,24,25);1H2,2H3. The Balaban J connectivity index is 0.000000878. The van der Waals surface area contributed by atoms with Gasteiger partial charge in [0.1, 0.15) is 5.82 Å². The summed E-state index contributed by atoms with van der Waals surface area (Å²) in [5, 5.41) is 3.34. The summed E-state index contributed by atoms with van der Waals surface area (Å²) < 4.78 is 37.9. The van der Waals surface area contributed by atoms with Gasteiger partial charge in [-0.1, -0.05) is 24.2 Å². The molecular formula is C20H22ClF3N4. The van der Waals surface area contributed by atoms with Gasteiger partial charge in [0.25, 0.3) is 0 Å². The number of nitrogens with one attached hydrogen (secondary N) is 1. The minimum Gasteiger partial charge on any atom is -0.345 e. The number of benzene rings is 1. The molecule has 4 nitrogen and oxygen atoms in total. The van der Waals surface area contributed by atoms with E-state index >= 15 is 0 Å². The van der Waals surface area contributed by atoms with Crippen LogP contribution in [0.3, 0.4) is 0 Å². The Labute approximate surface area is 167 Å². The zero-order valence-electron chi connectivity index (χ0n) is 15.6. The molecule has 0 atom stereocenters. The molecule has 1 N–H and O–H groups in total. The first-order valence-electron chi connectivity index (χ1n) is 8.68. The van der Waals surface area contributed by atoms with Crippen LogP contribution in [0.15, 0.2) is 42.2 Å². The van der Waals surface area contributed by atoms with Crippen LogP contribution in [-0.2, 0) is 5.54 Å². The highest BCUT2D eigenvalue weighted by atomic mass is 35.5. The van der Waals surface area contributed by atoms with Gasteiger partial charge < -0.3 is 10.3 Å². The van der Waals surface area contributed by atoms with Crippen LogP contribution in [0.5, 0.6) is 0 Å². The van der Waals surface area contributed by atoms with E-state index in [-0.39, 0.29) is 23.4 Å². The molecule has 28 heavy (non-hydrogen) atoms. The van der Waals surface area contributed by atoms with Crippen molar-refractivity contribution in [1.82, 2.24) is 9.97 Å². The molecule has 3 rings (SSSR count). The number of alkyl halides is 2. The minimum absolute atomic E-state index is 0.0807. The van der Waals surface area contributed by atoms with Gasteiger partial charge in [0.05, 0.1) is 10.6 Å². The van der Waals surface area contributed by atoms with Crippen LogP contribution in [0.1, 0.15) is 36.8 Å². The molecule has 0 unspecified atom stereocenters. The molecular weight excluding hydrogens is 389 g/mol. The zero-order chi connectivity index (χ0) is 20.7. The number of halogens is 4. The highest BCUT2D eigenvalue weighted by Gasteiger charge is 2.45. The van der Waals surface area contributed by atoms with Crippen LogP contribution in [0, 0.1) is 5.82 Å². The van der Waals surface area contributed by atoms with Crippen molar-refractivity contribution in [3.05, 3.63) is 59.1 Å². The maximum atomic E-state index is 13.3. The monoisotopic (exact) mass is 410 g/mol. The minimum atomic E-state index is -2.35. The molecule has 0 saturated heterocycles. The van der Waals surface area contributed by atoms with Crippen LogP contribution in [-0.4, -0.2) is 30.2 Å². The van der Waals surface area contributed by atoms with Gasteiger partial charge in [-0.25, -0.2) is 23.1 Å². The summed E-state index contributed by atoms with van der Waals surface area (Å²) in [6, 6.07) is 4.65. The normalized spacial score (nSPS) is 14.1.